The second-order valence-corrected chi connectivity index (χ2v) is 12.4. The molecule has 3 heterocycles. The molecule has 216 valence electrons. The maximum atomic E-state index is 14.0. The van der Waals surface area contributed by atoms with Crippen molar-refractivity contribution < 1.29 is 28.2 Å². The lowest BCUT2D eigenvalue weighted by atomic mass is 9.85. The number of aromatic nitrogens is 2. The van der Waals surface area contributed by atoms with Crippen molar-refractivity contribution in [1.29, 1.82) is 0 Å². The zero-order chi connectivity index (χ0) is 28.6. The molecule has 2 aromatic rings. The number of halogens is 1. The number of rotatable bonds is 2. The van der Waals surface area contributed by atoms with E-state index in [4.69, 9.17) is 14.5 Å². The number of aryl methyl sites for hydroxylation is 1. The second-order valence-electron chi connectivity index (χ2n) is 12.4. The number of carbonyl (C=O) groups is 3. The molecule has 10 heteroatoms. The van der Waals surface area contributed by atoms with Crippen molar-refractivity contribution in [2.45, 2.75) is 96.9 Å². The zero-order valence-electron chi connectivity index (χ0n) is 23.7. The van der Waals surface area contributed by atoms with Gasteiger partial charge in [0, 0.05) is 12.0 Å². The van der Waals surface area contributed by atoms with Crippen LogP contribution in [0, 0.1) is 23.1 Å². The fourth-order valence-electron chi connectivity index (χ4n) is 6.04. The monoisotopic (exact) mass is 554 g/mol. The van der Waals surface area contributed by atoms with Crippen LogP contribution < -0.4 is 10.1 Å². The number of hydrogen-bond acceptors (Lipinski definition) is 7. The molecule has 2 amide bonds. The van der Waals surface area contributed by atoms with Crippen molar-refractivity contribution in [3.63, 3.8) is 0 Å². The van der Waals surface area contributed by atoms with Crippen LogP contribution in [0.2, 0.25) is 0 Å². The standard InChI is InChI=1S/C30H39FN4O5/c1-5-19-23(16-36)35-15-25(19)39-27-21(32-20-12-11-18(31)14-22(20)33-27)10-8-6-7-9-17-13-24(17)40-29(38)34-26(28(35)37)30(2,3)4/h11-12,14,16-17,19,23-26H,5-10,13,15H2,1-4H3,(H,34,38)/t17-,19+,23-,24-,25+,26-/m1/s1. The summed E-state index contributed by atoms with van der Waals surface area (Å²) in [7, 11) is 0. The van der Waals surface area contributed by atoms with Gasteiger partial charge >= 0.3 is 6.09 Å². The third-order valence-electron chi connectivity index (χ3n) is 8.45. The summed E-state index contributed by atoms with van der Waals surface area (Å²) in [5.74, 6) is -0.415. The molecule has 3 aliphatic rings. The normalized spacial score (nSPS) is 29.8. The van der Waals surface area contributed by atoms with Gasteiger partial charge in [-0.1, -0.05) is 40.5 Å². The Kier molecular flexibility index (Phi) is 7.97. The molecule has 6 atom stereocenters. The maximum absolute atomic E-state index is 14.0. The van der Waals surface area contributed by atoms with Crippen LogP contribution in [0.5, 0.6) is 5.88 Å². The number of nitrogens with zero attached hydrogens (tertiary/aromatic N) is 3. The van der Waals surface area contributed by atoms with Crippen LogP contribution in [0.1, 0.15) is 71.9 Å². The Bertz CT molecular complexity index is 1280. The predicted molar refractivity (Wildman–Crippen MR) is 146 cm³/mol. The molecular formula is C30H39FN4O5. The largest absolute Gasteiger partial charge is 0.471 e. The number of fused-ring (bicyclic) bond motifs is 5. The smallest absolute Gasteiger partial charge is 0.408 e. The van der Waals surface area contributed by atoms with Gasteiger partial charge in [0.15, 0.2) is 0 Å². The molecule has 40 heavy (non-hydrogen) atoms. The van der Waals surface area contributed by atoms with E-state index in [0.717, 1.165) is 38.4 Å². The summed E-state index contributed by atoms with van der Waals surface area (Å²) in [6.07, 6.45) is 5.36. The summed E-state index contributed by atoms with van der Waals surface area (Å²) >= 11 is 0. The van der Waals surface area contributed by atoms with Crippen molar-refractivity contribution in [3.8, 4) is 5.88 Å². The molecule has 0 unspecified atom stereocenters. The number of benzene rings is 1. The van der Waals surface area contributed by atoms with E-state index in [1.54, 1.807) is 6.07 Å². The highest BCUT2D eigenvalue weighted by Gasteiger charge is 2.49. The first-order valence-corrected chi connectivity index (χ1v) is 14.4. The topological polar surface area (TPSA) is 111 Å². The van der Waals surface area contributed by atoms with Crippen LogP contribution in [0.25, 0.3) is 11.0 Å². The Morgan fingerprint density at radius 1 is 1.10 bits per heavy atom. The summed E-state index contributed by atoms with van der Waals surface area (Å²) in [6, 6.07) is 2.69. The number of carbonyl (C=O) groups excluding carboxylic acids is 3. The van der Waals surface area contributed by atoms with E-state index in [1.807, 2.05) is 27.7 Å². The molecule has 1 N–H and O–H groups in total. The van der Waals surface area contributed by atoms with E-state index in [2.05, 4.69) is 10.3 Å². The number of hydrogen-bond donors (Lipinski definition) is 1. The highest BCUT2D eigenvalue weighted by molar-refractivity contribution is 5.89. The lowest BCUT2D eigenvalue weighted by Gasteiger charge is -2.34. The van der Waals surface area contributed by atoms with E-state index < -0.39 is 35.5 Å². The minimum absolute atomic E-state index is 0.135. The Hall–Kier alpha value is -3.30. The second kappa shape index (κ2) is 11.3. The average molecular weight is 555 g/mol. The Balaban J connectivity index is 1.51. The van der Waals surface area contributed by atoms with E-state index in [-0.39, 0.29) is 24.5 Å². The molecular weight excluding hydrogens is 515 g/mol. The van der Waals surface area contributed by atoms with Crippen LogP contribution in [-0.4, -0.2) is 64.0 Å². The summed E-state index contributed by atoms with van der Waals surface area (Å²) < 4.78 is 26.1. The van der Waals surface area contributed by atoms with Crippen LogP contribution in [0.4, 0.5) is 9.18 Å². The fourth-order valence-corrected chi connectivity index (χ4v) is 6.04. The van der Waals surface area contributed by atoms with Gasteiger partial charge in [-0.15, -0.1) is 0 Å². The third-order valence-corrected chi connectivity index (χ3v) is 8.45. The van der Waals surface area contributed by atoms with Crippen LogP contribution >= 0.6 is 0 Å². The highest BCUT2D eigenvalue weighted by atomic mass is 19.1. The average Bonchev–Trinajstić information content (AvgIpc) is 3.53. The van der Waals surface area contributed by atoms with Crippen molar-refractivity contribution in [3.05, 3.63) is 29.7 Å². The molecule has 0 spiro atoms. The molecule has 1 saturated heterocycles. The SMILES string of the molecule is CC[C@@H]1[C@@H]2CN(C(=O)[C@H](C(C)(C)C)NC(=O)O[C@@H]3C[C@H]3CCCCCc3nc4ccc(F)cc4nc3O2)[C@@H]1C=O. The van der Waals surface area contributed by atoms with Crippen LogP contribution in [0.3, 0.4) is 0 Å². The Labute approximate surface area is 234 Å². The van der Waals surface area contributed by atoms with Crippen molar-refractivity contribution in [1.82, 2.24) is 20.2 Å². The molecule has 2 bridgehead atoms. The third kappa shape index (κ3) is 5.90. The van der Waals surface area contributed by atoms with Gasteiger partial charge in [-0.3, -0.25) is 4.79 Å². The molecule has 1 aromatic heterocycles. The molecule has 0 radical (unpaired) electrons. The van der Waals surface area contributed by atoms with Gasteiger partial charge in [0.1, 0.15) is 36.0 Å². The van der Waals surface area contributed by atoms with Crippen LogP contribution in [-0.2, 0) is 20.7 Å². The van der Waals surface area contributed by atoms with Crippen LogP contribution in [0.15, 0.2) is 18.2 Å². The van der Waals surface area contributed by atoms with Gasteiger partial charge in [0.05, 0.1) is 23.6 Å². The molecule has 5 rings (SSSR count). The molecule has 1 saturated carbocycles. The summed E-state index contributed by atoms with van der Waals surface area (Å²) in [4.78, 5) is 50.1. The molecule has 1 aliphatic carbocycles. The zero-order valence-corrected chi connectivity index (χ0v) is 23.7. The van der Waals surface area contributed by atoms with Gasteiger partial charge < -0.3 is 24.5 Å². The summed E-state index contributed by atoms with van der Waals surface area (Å²) in [5, 5.41) is 2.80. The van der Waals surface area contributed by atoms with Crippen molar-refractivity contribution in [2.24, 2.45) is 17.3 Å². The van der Waals surface area contributed by atoms with Crippen molar-refractivity contribution in [2.75, 3.05) is 6.54 Å². The first-order valence-electron chi connectivity index (χ1n) is 14.4. The van der Waals surface area contributed by atoms with E-state index in [1.165, 1.54) is 17.0 Å². The maximum Gasteiger partial charge on any atom is 0.408 e. The minimum atomic E-state index is -0.895. The number of ether oxygens (including phenoxy) is 2. The van der Waals surface area contributed by atoms with Gasteiger partial charge in [-0.25, -0.2) is 19.2 Å². The Morgan fingerprint density at radius 2 is 1.90 bits per heavy atom. The Morgan fingerprint density at radius 3 is 2.62 bits per heavy atom. The number of alkyl carbamates (subject to hydrolysis) is 1. The van der Waals surface area contributed by atoms with Gasteiger partial charge in [-0.05, 0) is 55.6 Å². The van der Waals surface area contributed by atoms with E-state index in [9.17, 15) is 18.8 Å². The van der Waals surface area contributed by atoms with Crippen molar-refractivity contribution >= 4 is 29.3 Å². The quantitative estimate of drug-likeness (QED) is 0.540. The number of nitrogens with one attached hydrogen (secondary N) is 1. The molecule has 1 aromatic carbocycles. The van der Waals surface area contributed by atoms with Gasteiger partial charge in [0.2, 0.25) is 11.8 Å². The lowest BCUT2D eigenvalue weighted by molar-refractivity contribution is -0.139. The van der Waals surface area contributed by atoms with Gasteiger partial charge in [-0.2, -0.15) is 0 Å². The predicted octanol–water partition coefficient (Wildman–Crippen LogP) is 4.60. The molecule has 2 fully saturated rings. The number of amides is 2. The molecule has 9 nitrogen and oxygen atoms in total. The number of aldehydes is 1. The van der Waals surface area contributed by atoms with Gasteiger partial charge in [0.25, 0.3) is 0 Å². The molecule has 2 aliphatic heterocycles. The fraction of sp³-hybridized carbons (Fsp3) is 0.633. The highest BCUT2D eigenvalue weighted by Crippen LogP contribution is 2.39. The lowest BCUT2D eigenvalue weighted by Crippen LogP contribution is -2.56. The first-order chi connectivity index (χ1) is 19.1. The van der Waals surface area contributed by atoms with E-state index in [0.29, 0.717) is 41.4 Å². The summed E-state index contributed by atoms with van der Waals surface area (Å²) in [6.45, 7) is 7.71. The summed E-state index contributed by atoms with van der Waals surface area (Å²) in [5.41, 5.74) is 1.04. The van der Waals surface area contributed by atoms with E-state index >= 15 is 0 Å². The first kappa shape index (κ1) is 28.2. The minimum Gasteiger partial charge on any atom is -0.471 e.